The third-order valence-corrected chi connectivity index (χ3v) is 12.5. The molecule has 0 bridgehead atoms. The predicted octanol–water partition coefficient (Wildman–Crippen LogP) is 4.30. The lowest BCUT2D eigenvalue weighted by Gasteiger charge is -2.29. The smallest absolute Gasteiger partial charge is 0.329 e. The number of hydrogen-bond acceptors (Lipinski definition) is 11. The number of piperazine rings is 1. The van der Waals surface area contributed by atoms with Gasteiger partial charge in [-0.15, -0.1) is 0 Å². The first-order valence-electron chi connectivity index (χ1n) is 21.9. The second-order valence-corrected chi connectivity index (χ2v) is 16.7. The monoisotopic (exact) mass is 858 g/mol. The van der Waals surface area contributed by atoms with Crippen molar-refractivity contribution in [2.45, 2.75) is 89.1 Å². The van der Waals surface area contributed by atoms with Crippen LogP contribution in [0.25, 0.3) is 16.7 Å². The fourth-order valence-corrected chi connectivity index (χ4v) is 8.93. The molecule has 6 heterocycles. The lowest BCUT2D eigenvalue weighted by Crippen LogP contribution is -2.44. The number of nitrogens with one attached hydrogen (secondary N) is 4. The summed E-state index contributed by atoms with van der Waals surface area (Å²) < 4.78 is 40.4. The lowest BCUT2D eigenvalue weighted by atomic mass is 9.86. The second kappa shape index (κ2) is 19.7. The zero-order chi connectivity index (χ0) is 43.2. The Morgan fingerprint density at radius 2 is 1.77 bits per heavy atom. The number of halogens is 2. The molecule has 3 aliphatic rings. The number of imide groups is 1. The van der Waals surface area contributed by atoms with Crippen molar-refractivity contribution in [3.8, 4) is 0 Å². The van der Waals surface area contributed by atoms with Gasteiger partial charge in [0.2, 0.25) is 11.8 Å². The van der Waals surface area contributed by atoms with Crippen molar-refractivity contribution < 1.29 is 27.9 Å². The van der Waals surface area contributed by atoms with E-state index in [1.54, 1.807) is 22.5 Å². The van der Waals surface area contributed by atoms with Gasteiger partial charge in [-0.3, -0.25) is 33.5 Å². The molecule has 3 amide bonds. The summed E-state index contributed by atoms with van der Waals surface area (Å²) in [5, 5.41) is 20.4. The highest BCUT2D eigenvalue weighted by Gasteiger charge is 2.32. The van der Waals surface area contributed by atoms with Crippen LogP contribution in [0.3, 0.4) is 0 Å². The molecule has 4 aromatic heterocycles. The van der Waals surface area contributed by atoms with Gasteiger partial charge >= 0.3 is 5.69 Å². The third kappa shape index (κ3) is 9.74. The van der Waals surface area contributed by atoms with Gasteiger partial charge in [-0.05, 0) is 107 Å². The highest BCUT2D eigenvalue weighted by molar-refractivity contribution is 6.08. The first-order valence-corrected chi connectivity index (χ1v) is 21.9. The molecule has 17 nitrogen and oxygen atoms in total. The van der Waals surface area contributed by atoms with E-state index >= 15 is 0 Å². The standard InChI is InChI=1S/C43H56F2N12O5/c1-53-35-24-28(9-12-33(35)57(43(53)61)34-13-14-37(58)51-42(34)60)6-2-4-22-62-23-5-3-16-47-25-29-7-10-30(11-8-29)56-27-32(38(52-56)39(44)45)49-41(59)31-26-48-55-19-15-36(50-40(31)55)54-20-17-46-18-21-54/h9,12,15,19,24,26-27,29-30,34,39,46-47H,2-8,10-11,13-14,16-18,20-23,25H2,1H3,(H,49,59)(H,51,58,60)/t29-,30-,34?. The van der Waals surface area contributed by atoms with E-state index in [1.165, 1.54) is 21.5 Å². The van der Waals surface area contributed by atoms with E-state index in [1.807, 2.05) is 24.3 Å². The Hall–Kier alpha value is -5.53. The molecule has 2 saturated heterocycles. The number of anilines is 2. The minimum Gasteiger partial charge on any atom is -0.381 e. The summed E-state index contributed by atoms with van der Waals surface area (Å²) in [5.41, 5.74) is 2.43. The van der Waals surface area contributed by atoms with E-state index in [2.05, 4.69) is 41.3 Å². The third-order valence-electron chi connectivity index (χ3n) is 12.5. The van der Waals surface area contributed by atoms with Gasteiger partial charge in [0.25, 0.3) is 12.3 Å². The summed E-state index contributed by atoms with van der Waals surface area (Å²) in [5.74, 6) is -0.0729. The van der Waals surface area contributed by atoms with Crippen LogP contribution in [0.2, 0.25) is 0 Å². The summed E-state index contributed by atoms with van der Waals surface area (Å²) in [7, 11) is 1.71. The maximum atomic E-state index is 14.2. The number of amides is 3. The van der Waals surface area contributed by atoms with Crippen molar-refractivity contribution in [3.05, 3.63) is 70.2 Å². The first-order chi connectivity index (χ1) is 30.1. The summed E-state index contributed by atoms with van der Waals surface area (Å²) in [6.45, 7) is 6.45. The number of unbranched alkanes of at least 4 members (excludes halogenated alkanes) is 2. The number of piperidine rings is 1. The number of carbonyl (C=O) groups excluding carboxylic acids is 3. The minimum absolute atomic E-state index is 0.000925. The molecule has 1 saturated carbocycles. The largest absolute Gasteiger partial charge is 0.381 e. The van der Waals surface area contributed by atoms with Gasteiger partial charge in [-0.1, -0.05) is 6.07 Å². The van der Waals surface area contributed by atoms with E-state index in [0.29, 0.717) is 36.7 Å². The first kappa shape index (κ1) is 43.1. The molecule has 1 aliphatic carbocycles. The van der Waals surface area contributed by atoms with Crippen LogP contribution < -0.4 is 31.9 Å². The van der Waals surface area contributed by atoms with Crippen molar-refractivity contribution in [2.75, 3.05) is 62.7 Å². The second-order valence-electron chi connectivity index (χ2n) is 16.7. The number of nitrogens with zero attached hydrogens (tertiary/aromatic N) is 8. The fraction of sp³-hybridized carbons (Fsp3) is 0.558. The van der Waals surface area contributed by atoms with Crippen LogP contribution in [0.5, 0.6) is 0 Å². The zero-order valence-corrected chi connectivity index (χ0v) is 35.2. The molecule has 5 aromatic rings. The highest BCUT2D eigenvalue weighted by Crippen LogP contribution is 2.35. The van der Waals surface area contributed by atoms with Gasteiger partial charge in [0.05, 0.1) is 29.0 Å². The molecule has 3 fully saturated rings. The number of imidazole rings is 1. The van der Waals surface area contributed by atoms with Gasteiger partial charge in [0.1, 0.15) is 17.4 Å². The Balaban J connectivity index is 0.709. The number of aromatic nitrogens is 7. The van der Waals surface area contributed by atoms with Crippen molar-refractivity contribution >= 4 is 45.9 Å². The number of rotatable bonds is 18. The van der Waals surface area contributed by atoms with E-state index in [4.69, 9.17) is 4.74 Å². The van der Waals surface area contributed by atoms with E-state index in [9.17, 15) is 28.0 Å². The maximum Gasteiger partial charge on any atom is 0.329 e. The quantitative estimate of drug-likeness (QED) is 0.0728. The maximum absolute atomic E-state index is 14.2. The molecule has 1 unspecified atom stereocenters. The average molecular weight is 859 g/mol. The number of aryl methyl sites for hydroxylation is 2. The molecule has 332 valence electrons. The molecule has 62 heavy (non-hydrogen) atoms. The van der Waals surface area contributed by atoms with Crippen molar-refractivity contribution in [1.82, 2.24) is 49.5 Å². The Morgan fingerprint density at radius 1 is 0.984 bits per heavy atom. The van der Waals surface area contributed by atoms with E-state index in [0.717, 1.165) is 114 Å². The topological polar surface area (TPSA) is 187 Å². The fourth-order valence-electron chi connectivity index (χ4n) is 8.93. The predicted molar refractivity (Wildman–Crippen MR) is 229 cm³/mol. The number of alkyl halides is 2. The summed E-state index contributed by atoms with van der Waals surface area (Å²) >= 11 is 0. The summed E-state index contributed by atoms with van der Waals surface area (Å²) in [6.07, 6.45) is 10.6. The molecule has 8 rings (SSSR count). The van der Waals surface area contributed by atoms with Gasteiger partial charge < -0.3 is 25.6 Å². The van der Waals surface area contributed by atoms with Crippen LogP contribution in [-0.4, -0.2) is 104 Å². The van der Waals surface area contributed by atoms with Crippen LogP contribution in [0.1, 0.15) is 104 Å². The number of carbonyl (C=O) groups is 3. The molecule has 1 atom stereocenters. The minimum atomic E-state index is -2.85. The Bertz CT molecular complexity index is 2430. The van der Waals surface area contributed by atoms with Gasteiger partial charge in [-0.2, -0.15) is 10.2 Å². The summed E-state index contributed by atoms with van der Waals surface area (Å²) in [4.78, 5) is 57.3. The Kier molecular flexibility index (Phi) is 13.7. The molecule has 1 aromatic carbocycles. The number of benzene rings is 1. The summed E-state index contributed by atoms with van der Waals surface area (Å²) in [6, 6.07) is 7.04. The molecular formula is C43H56F2N12O5. The Labute approximate surface area is 357 Å². The van der Waals surface area contributed by atoms with Crippen molar-refractivity contribution in [3.63, 3.8) is 0 Å². The molecular weight excluding hydrogens is 803 g/mol. The van der Waals surface area contributed by atoms with Gasteiger partial charge in [-0.25, -0.2) is 23.1 Å². The number of ether oxygens (including phenoxy) is 1. The van der Waals surface area contributed by atoms with E-state index < -0.39 is 30.0 Å². The Morgan fingerprint density at radius 3 is 2.55 bits per heavy atom. The normalized spacial score (nSPS) is 19.8. The molecule has 0 radical (unpaired) electrons. The zero-order valence-electron chi connectivity index (χ0n) is 35.2. The number of fused-ring (bicyclic) bond motifs is 2. The average Bonchev–Trinajstić information content (AvgIpc) is 3.97. The number of hydrogen-bond donors (Lipinski definition) is 4. The van der Waals surface area contributed by atoms with Crippen LogP contribution in [-0.2, 0) is 27.8 Å². The lowest BCUT2D eigenvalue weighted by molar-refractivity contribution is -0.135. The van der Waals surface area contributed by atoms with Crippen molar-refractivity contribution in [2.24, 2.45) is 13.0 Å². The van der Waals surface area contributed by atoms with Crippen LogP contribution in [0.4, 0.5) is 20.3 Å². The van der Waals surface area contributed by atoms with Crippen molar-refractivity contribution in [1.29, 1.82) is 0 Å². The molecule has 0 spiro atoms. The molecule has 4 N–H and O–H groups in total. The van der Waals surface area contributed by atoms with Gasteiger partial charge in [0.15, 0.2) is 11.3 Å². The highest BCUT2D eigenvalue weighted by atomic mass is 19.3. The van der Waals surface area contributed by atoms with Crippen LogP contribution >= 0.6 is 0 Å². The van der Waals surface area contributed by atoms with Crippen LogP contribution in [0, 0.1) is 5.92 Å². The van der Waals surface area contributed by atoms with Gasteiger partial charge in [0, 0.05) is 65.3 Å². The SMILES string of the molecule is Cn1c(=O)n(C2CCC(=O)NC2=O)c2ccc(CCCCOCCCCNC[C@H]3CC[C@H](n4cc(NC(=O)c5cnn6ccc(N7CCNCC7)nc56)c(C(F)F)n4)CC3)cc21. The molecule has 19 heteroatoms. The van der Waals surface area contributed by atoms with E-state index in [-0.39, 0.29) is 35.3 Å². The molecule has 2 aliphatic heterocycles. The van der Waals surface area contributed by atoms with Crippen LogP contribution in [0.15, 0.2) is 47.7 Å².